The average molecular weight is 360 g/mol. The van der Waals surface area contributed by atoms with Crippen molar-refractivity contribution in [3.8, 4) is 22.8 Å². The Balaban J connectivity index is 2.01. The minimum absolute atomic E-state index is 0.332. The molecule has 1 aromatic heterocycles. The highest BCUT2D eigenvalue weighted by Crippen LogP contribution is 2.34. The lowest BCUT2D eigenvalue weighted by molar-refractivity contribution is 0.0526. The molecule has 0 bridgehead atoms. The highest BCUT2D eigenvalue weighted by Gasteiger charge is 2.23. The SMILES string of the molecule is CCOC(=O)c1cc(-c2ccc(OC)c(OC)c2)[nH]c1N1CCOCC1. The normalized spacial score (nSPS) is 14.2. The smallest absolute Gasteiger partial charge is 0.341 e. The Kier molecular flexibility index (Phi) is 5.68. The molecular formula is C19H24N2O5. The van der Waals surface area contributed by atoms with Crippen LogP contribution in [0.15, 0.2) is 24.3 Å². The second-order valence-corrected chi connectivity index (χ2v) is 5.83. The minimum atomic E-state index is -0.336. The predicted molar refractivity (Wildman–Crippen MR) is 98.3 cm³/mol. The third-order valence-corrected chi connectivity index (χ3v) is 4.31. The Labute approximate surface area is 152 Å². The number of carbonyl (C=O) groups is 1. The summed E-state index contributed by atoms with van der Waals surface area (Å²) in [5.41, 5.74) is 2.24. The Morgan fingerprint density at radius 1 is 1.15 bits per heavy atom. The summed E-state index contributed by atoms with van der Waals surface area (Å²) >= 11 is 0. The van der Waals surface area contributed by atoms with Crippen LogP contribution in [0.3, 0.4) is 0 Å². The molecule has 0 unspecified atom stereocenters. The zero-order chi connectivity index (χ0) is 18.5. The zero-order valence-electron chi connectivity index (χ0n) is 15.3. The molecule has 0 amide bonds. The van der Waals surface area contributed by atoms with E-state index in [0.29, 0.717) is 36.9 Å². The molecule has 2 aromatic rings. The van der Waals surface area contributed by atoms with Crippen molar-refractivity contribution in [2.24, 2.45) is 0 Å². The fourth-order valence-electron chi connectivity index (χ4n) is 3.00. The first-order valence-electron chi connectivity index (χ1n) is 8.63. The van der Waals surface area contributed by atoms with Crippen LogP contribution in [-0.2, 0) is 9.47 Å². The van der Waals surface area contributed by atoms with E-state index in [9.17, 15) is 4.79 Å². The average Bonchev–Trinajstić information content (AvgIpc) is 3.14. The van der Waals surface area contributed by atoms with E-state index < -0.39 is 0 Å². The standard InChI is InChI=1S/C19H24N2O5/c1-4-26-19(22)14-12-15(20-18(14)21-7-9-25-10-8-21)13-5-6-16(23-2)17(11-13)24-3/h5-6,11-12,20H,4,7-10H2,1-3H3. The summed E-state index contributed by atoms with van der Waals surface area (Å²) in [4.78, 5) is 17.9. The van der Waals surface area contributed by atoms with E-state index in [2.05, 4.69) is 9.88 Å². The Bertz CT molecular complexity index is 765. The number of H-pyrrole nitrogens is 1. The topological polar surface area (TPSA) is 73.0 Å². The Morgan fingerprint density at radius 3 is 2.54 bits per heavy atom. The quantitative estimate of drug-likeness (QED) is 0.799. The Hall–Kier alpha value is -2.67. The minimum Gasteiger partial charge on any atom is -0.493 e. The van der Waals surface area contributed by atoms with E-state index in [1.54, 1.807) is 21.1 Å². The Morgan fingerprint density at radius 2 is 1.88 bits per heavy atom. The largest absolute Gasteiger partial charge is 0.493 e. The number of morpholine rings is 1. The fraction of sp³-hybridized carbons (Fsp3) is 0.421. The van der Waals surface area contributed by atoms with Gasteiger partial charge in [0.25, 0.3) is 0 Å². The summed E-state index contributed by atoms with van der Waals surface area (Å²) in [6, 6.07) is 7.46. The summed E-state index contributed by atoms with van der Waals surface area (Å²) in [6.45, 7) is 4.84. The number of anilines is 1. The van der Waals surface area contributed by atoms with Crippen molar-refractivity contribution >= 4 is 11.8 Å². The number of hydrogen-bond donors (Lipinski definition) is 1. The second-order valence-electron chi connectivity index (χ2n) is 5.83. The van der Waals surface area contributed by atoms with Crippen molar-refractivity contribution < 1.29 is 23.7 Å². The molecule has 2 heterocycles. The monoisotopic (exact) mass is 360 g/mol. The number of benzene rings is 1. The molecule has 0 radical (unpaired) electrons. The first-order valence-corrected chi connectivity index (χ1v) is 8.63. The third-order valence-electron chi connectivity index (χ3n) is 4.31. The molecule has 7 nitrogen and oxygen atoms in total. The van der Waals surface area contributed by atoms with E-state index in [4.69, 9.17) is 18.9 Å². The molecule has 0 atom stereocenters. The molecule has 1 fully saturated rings. The van der Waals surface area contributed by atoms with Crippen molar-refractivity contribution in [2.75, 3.05) is 52.0 Å². The van der Waals surface area contributed by atoms with E-state index in [-0.39, 0.29) is 5.97 Å². The van der Waals surface area contributed by atoms with Gasteiger partial charge in [0.15, 0.2) is 11.5 Å². The highest BCUT2D eigenvalue weighted by atomic mass is 16.5. The maximum Gasteiger partial charge on any atom is 0.341 e. The van der Waals surface area contributed by atoms with Gasteiger partial charge in [0, 0.05) is 24.3 Å². The van der Waals surface area contributed by atoms with Gasteiger partial charge in [-0.1, -0.05) is 0 Å². The van der Waals surface area contributed by atoms with Gasteiger partial charge < -0.3 is 28.8 Å². The molecule has 1 saturated heterocycles. The lowest BCUT2D eigenvalue weighted by atomic mass is 10.1. The lowest BCUT2D eigenvalue weighted by Crippen LogP contribution is -2.37. The molecule has 1 aliphatic heterocycles. The van der Waals surface area contributed by atoms with Crippen LogP contribution < -0.4 is 14.4 Å². The molecule has 140 valence electrons. The number of nitrogens with zero attached hydrogens (tertiary/aromatic N) is 1. The van der Waals surface area contributed by atoms with Crippen molar-refractivity contribution in [3.05, 3.63) is 29.8 Å². The van der Waals surface area contributed by atoms with Crippen LogP contribution in [0.4, 0.5) is 5.82 Å². The molecule has 0 spiro atoms. The molecule has 1 N–H and O–H groups in total. The first-order chi connectivity index (χ1) is 12.7. The number of aromatic amines is 1. The number of rotatable bonds is 6. The number of aromatic nitrogens is 1. The second kappa shape index (κ2) is 8.14. The summed E-state index contributed by atoms with van der Waals surface area (Å²) in [6.07, 6.45) is 0. The zero-order valence-corrected chi connectivity index (χ0v) is 15.3. The highest BCUT2D eigenvalue weighted by molar-refractivity contribution is 5.97. The summed E-state index contributed by atoms with van der Waals surface area (Å²) in [5, 5.41) is 0. The van der Waals surface area contributed by atoms with Crippen LogP contribution in [0.25, 0.3) is 11.3 Å². The maximum atomic E-state index is 12.4. The van der Waals surface area contributed by atoms with E-state index in [1.807, 2.05) is 24.3 Å². The predicted octanol–water partition coefficient (Wildman–Crippen LogP) is 2.71. The van der Waals surface area contributed by atoms with Gasteiger partial charge in [-0.25, -0.2) is 4.79 Å². The number of ether oxygens (including phenoxy) is 4. The number of nitrogens with one attached hydrogen (secondary N) is 1. The third kappa shape index (κ3) is 3.62. The van der Waals surface area contributed by atoms with Gasteiger partial charge in [-0.2, -0.15) is 0 Å². The molecular weight excluding hydrogens is 336 g/mol. The van der Waals surface area contributed by atoms with Gasteiger partial charge >= 0.3 is 5.97 Å². The van der Waals surface area contributed by atoms with Gasteiger partial charge in [-0.05, 0) is 31.2 Å². The van der Waals surface area contributed by atoms with Gasteiger partial charge in [0.2, 0.25) is 0 Å². The van der Waals surface area contributed by atoms with Crippen LogP contribution in [0.5, 0.6) is 11.5 Å². The number of esters is 1. The fourth-order valence-corrected chi connectivity index (χ4v) is 3.00. The summed E-state index contributed by atoms with van der Waals surface area (Å²) in [5.74, 6) is 1.71. The molecule has 26 heavy (non-hydrogen) atoms. The lowest BCUT2D eigenvalue weighted by Gasteiger charge is -2.28. The van der Waals surface area contributed by atoms with Crippen molar-refractivity contribution in [3.63, 3.8) is 0 Å². The number of methoxy groups -OCH3 is 2. The van der Waals surface area contributed by atoms with Gasteiger partial charge in [-0.3, -0.25) is 0 Å². The van der Waals surface area contributed by atoms with E-state index in [0.717, 1.165) is 30.2 Å². The van der Waals surface area contributed by atoms with Crippen LogP contribution in [0.1, 0.15) is 17.3 Å². The molecule has 1 aromatic carbocycles. The van der Waals surface area contributed by atoms with Crippen LogP contribution in [0, 0.1) is 0 Å². The van der Waals surface area contributed by atoms with Crippen LogP contribution in [-0.4, -0.2) is 58.1 Å². The van der Waals surface area contributed by atoms with E-state index in [1.165, 1.54) is 0 Å². The van der Waals surface area contributed by atoms with Crippen molar-refractivity contribution in [1.82, 2.24) is 4.98 Å². The van der Waals surface area contributed by atoms with Gasteiger partial charge in [-0.15, -0.1) is 0 Å². The molecule has 7 heteroatoms. The van der Waals surface area contributed by atoms with Crippen LogP contribution in [0.2, 0.25) is 0 Å². The first kappa shape index (κ1) is 18.1. The van der Waals surface area contributed by atoms with Gasteiger partial charge in [0.1, 0.15) is 11.4 Å². The van der Waals surface area contributed by atoms with Crippen molar-refractivity contribution in [1.29, 1.82) is 0 Å². The molecule has 0 aliphatic carbocycles. The summed E-state index contributed by atoms with van der Waals surface area (Å²) in [7, 11) is 3.20. The maximum absolute atomic E-state index is 12.4. The molecule has 1 aliphatic rings. The van der Waals surface area contributed by atoms with Crippen LogP contribution >= 0.6 is 0 Å². The number of carbonyl (C=O) groups excluding carboxylic acids is 1. The summed E-state index contributed by atoms with van der Waals surface area (Å²) < 4.78 is 21.3. The van der Waals surface area contributed by atoms with Gasteiger partial charge in [0.05, 0.1) is 34.0 Å². The molecule has 0 saturated carbocycles. The van der Waals surface area contributed by atoms with E-state index >= 15 is 0 Å². The molecule has 3 rings (SSSR count). The van der Waals surface area contributed by atoms with Crippen molar-refractivity contribution in [2.45, 2.75) is 6.92 Å². The number of hydrogen-bond acceptors (Lipinski definition) is 6.